The maximum atomic E-state index is 15.8. The highest BCUT2D eigenvalue weighted by atomic mass is 19.4. The third-order valence-electron chi connectivity index (χ3n) is 9.19. The number of benzene rings is 3. The molecule has 3 aromatic carbocycles. The molecule has 1 N–H and O–H groups in total. The molecule has 0 saturated carbocycles. The number of aryl methyl sites for hydroxylation is 2. The van der Waals surface area contributed by atoms with Crippen LogP contribution in [0.3, 0.4) is 0 Å². The number of halogens is 4. The maximum absolute atomic E-state index is 15.8. The van der Waals surface area contributed by atoms with Crippen molar-refractivity contribution < 1.29 is 51.1 Å². The number of esters is 1. The third-order valence-corrected chi connectivity index (χ3v) is 9.19. The molecule has 0 spiro atoms. The highest BCUT2D eigenvalue weighted by Crippen LogP contribution is 2.48. The molecule has 6 rings (SSSR count). The average Bonchev–Trinajstić information content (AvgIpc) is 3.61. The zero-order valence-electron chi connectivity index (χ0n) is 25.9. The molecule has 0 aromatic heterocycles. The number of methoxy groups -OCH3 is 1. The van der Waals surface area contributed by atoms with Gasteiger partial charge in [-0.25, -0.2) is 4.39 Å². The molecule has 2 atom stereocenters. The van der Waals surface area contributed by atoms with Gasteiger partial charge in [0.05, 0.1) is 25.7 Å². The summed E-state index contributed by atoms with van der Waals surface area (Å²) < 4.78 is 86.5. The minimum atomic E-state index is -4.93. The monoisotopic (exact) mass is 644 g/mol. The number of aliphatic hydroxyl groups is 1. The summed E-state index contributed by atoms with van der Waals surface area (Å²) in [6.45, 7) is 4.79. The van der Waals surface area contributed by atoms with Crippen LogP contribution in [0.25, 0.3) is 11.1 Å². The van der Waals surface area contributed by atoms with Gasteiger partial charge in [-0.2, -0.15) is 13.2 Å². The molecular formula is C35H36F4O7. The molecule has 2 aliphatic heterocycles. The van der Waals surface area contributed by atoms with E-state index < -0.39 is 29.3 Å². The molecule has 1 fully saturated rings. The molecule has 1 saturated heterocycles. The Morgan fingerprint density at radius 2 is 1.78 bits per heavy atom. The standard InChI is InChI=1S/C35H36F4O7/c1-19-12-23(45-18-34(41)8-10-43-11-9-34)13-20(2)31(19)26-16-27(35(37,38)39)33(36)32-25(26)6-7-28(32)46-22-4-5-24-21(14-30(40)42-3)17-44-29(24)15-22/h4-5,12-13,15-16,21,28,41H,6-11,14,17-18H2,1-3H3/t21?,28-/m1/s1. The predicted molar refractivity (Wildman–Crippen MR) is 160 cm³/mol. The Kier molecular flexibility index (Phi) is 8.67. The van der Waals surface area contributed by atoms with E-state index in [0.29, 0.717) is 77.5 Å². The van der Waals surface area contributed by atoms with Crippen LogP contribution in [0.4, 0.5) is 17.6 Å². The Labute approximate surface area is 264 Å². The number of rotatable bonds is 8. The summed E-state index contributed by atoms with van der Waals surface area (Å²) in [6, 6.07) is 9.41. The Morgan fingerprint density at radius 1 is 1.07 bits per heavy atom. The van der Waals surface area contributed by atoms with Gasteiger partial charge in [-0.3, -0.25) is 4.79 Å². The van der Waals surface area contributed by atoms with Crippen LogP contribution in [0.5, 0.6) is 17.2 Å². The lowest BCUT2D eigenvalue weighted by Crippen LogP contribution is -2.41. The molecule has 7 nitrogen and oxygen atoms in total. The SMILES string of the molecule is COC(=O)CC1COc2cc(O[C@@H]3CCc4c(-c5c(C)cc(OCC6(O)CCOCC6)cc5C)cc(C(F)(F)F)c(F)c43)ccc21. The van der Waals surface area contributed by atoms with Crippen molar-refractivity contribution >= 4 is 5.97 Å². The number of fused-ring (bicyclic) bond motifs is 2. The molecule has 1 unspecified atom stereocenters. The zero-order chi connectivity index (χ0) is 32.8. The number of carbonyl (C=O) groups is 1. The minimum absolute atomic E-state index is 0.0669. The Balaban J connectivity index is 1.31. The van der Waals surface area contributed by atoms with Crippen LogP contribution in [-0.4, -0.2) is 50.2 Å². The van der Waals surface area contributed by atoms with Gasteiger partial charge in [0, 0.05) is 49.2 Å². The summed E-state index contributed by atoms with van der Waals surface area (Å²) in [5, 5.41) is 10.8. The van der Waals surface area contributed by atoms with Gasteiger partial charge < -0.3 is 28.8 Å². The summed E-state index contributed by atoms with van der Waals surface area (Å²) in [7, 11) is 1.32. The molecule has 11 heteroatoms. The van der Waals surface area contributed by atoms with E-state index in [4.69, 9.17) is 23.7 Å². The summed E-state index contributed by atoms with van der Waals surface area (Å²) in [5.74, 6) is -0.558. The molecule has 0 bridgehead atoms. The first-order valence-electron chi connectivity index (χ1n) is 15.3. The van der Waals surface area contributed by atoms with Gasteiger partial charge in [-0.05, 0) is 78.8 Å². The Morgan fingerprint density at radius 3 is 2.46 bits per heavy atom. The van der Waals surface area contributed by atoms with Crippen molar-refractivity contribution in [3.8, 4) is 28.4 Å². The Bertz CT molecular complexity index is 1620. The molecule has 0 radical (unpaired) electrons. The maximum Gasteiger partial charge on any atom is 0.419 e. The number of carbonyl (C=O) groups excluding carboxylic acids is 1. The molecule has 46 heavy (non-hydrogen) atoms. The molecule has 2 heterocycles. The van der Waals surface area contributed by atoms with Gasteiger partial charge in [0.25, 0.3) is 0 Å². The van der Waals surface area contributed by atoms with E-state index in [-0.39, 0.29) is 43.5 Å². The van der Waals surface area contributed by atoms with E-state index in [0.717, 1.165) is 11.6 Å². The van der Waals surface area contributed by atoms with Crippen molar-refractivity contribution in [2.75, 3.05) is 33.5 Å². The number of hydrogen-bond acceptors (Lipinski definition) is 7. The van der Waals surface area contributed by atoms with E-state index >= 15 is 4.39 Å². The van der Waals surface area contributed by atoms with Crippen LogP contribution in [0.2, 0.25) is 0 Å². The second-order valence-electron chi connectivity index (χ2n) is 12.4. The number of alkyl halides is 3. The number of ether oxygens (including phenoxy) is 5. The van der Waals surface area contributed by atoms with E-state index in [9.17, 15) is 23.1 Å². The molecule has 3 aliphatic rings. The first-order chi connectivity index (χ1) is 21.9. The van der Waals surface area contributed by atoms with E-state index in [2.05, 4.69) is 0 Å². The lowest BCUT2D eigenvalue weighted by atomic mass is 9.88. The van der Waals surface area contributed by atoms with Crippen LogP contribution in [0.15, 0.2) is 36.4 Å². The lowest BCUT2D eigenvalue weighted by molar-refractivity contribution is -0.141. The highest BCUT2D eigenvalue weighted by molar-refractivity contribution is 5.77. The highest BCUT2D eigenvalue weighted by Gasteiger charge is 2.41. The van der Waals surface area contributed by atoms with Crippen molar-refractivity contribution in [3.05, 3.63) is 75.6 Å². The fraction of sp³-hybridized carbons (Fsp3) is 0.457. The van der Waals surface area contributed by atoms with Crippen LogP contribution >= 0.6 is 0 Å². The molecule has 246 valence electrons. The third kappa shape index (κ3) is 6.27. The van der Waals surface area contributed by atoms with E-state index in [1.165, 1.54) is 7.11 Å². The smallest absolute Gasteiger partial charge is 0.419 e. The summed E-state index contributed by atoms with van der Waals surface area (Å²) in [6.07, 6.45) is -4.24. The van der Waals surface area contributed by atoms with Gasteiger partial charge in [-0.15, -0.1) is 0 Å². The molecule has 3 aromatic rings. The molecular weight excluding hydrogens is 608 g/mol. The molecule has 1 aliphatic carbocycles. The fourth-order valence-electron chi connectivity index (χ4n) is 6.78. The van der Waals surface area contributed by atoms with Gasteiger partial charge in [0.15, 0.2) is 0 Å². The molecule has 0 amide bonds. The zero-order valence-corrected chi connectivity index (χ0v) is 25.9. The summed E-state index contributed by atoms with van der Waals surface area (Å²) in [4.78, 5) is 11.8. The Hall–Kier alpha value is -3.83. The van der Waals surface area contributed by atoms with Crippen LogP contribution in [0, 0.1) is 19.7 Å². The van der Waals surface area contributed by atoms with Gasteiger partial charge in [0.2, 0.25) is 0 Å². The van der Waals surface area contributed by atoms with Crippen LogP contribution < -0.4 is 14.2 Å². The number of hydrogen-bond donors (Lipinski definition) is 1. The van der Waals surface area contributed by atoms with Crippen molar-refractivity contribution in [3.63, 3.8) is 0 Å². The van der Waals surface area contributed by atoms with Crippen molar-refractivity contribution in [2.24, 2.45) is 0 Å². The summed E-state index contributed by atoms with van der Waals surface area (Å²) in [5.41, 5.74) is 1.03. The van der Waals surface area contributed by atoms with Crippen molar-refractivity contribution in [1.82, 2.24) is 0 Å². The van der Waals surface area contributed by atoms with Crippen molar-refractivity contribution in [1.29, 1.82) is 0 Å². The second-order valence-corrected chi connectivity index (χ2v) is 12.4. The predicted octanol–water partition coefficient (Wildman–Crippen LogP) is 7.15. The van der Waals surface area contributed by atoms with Gasteiger partial charge >= 0.3 is 12.1 Å². The van der Waals surface area contributed by atoms with Gasteiger partial charge in [0.1, 0.15) is 41.4 Å². The topological polar surface area (TPSA) is 83.5 Å². The first kappa shape index (κ1) is 32.1. The normalized spacial score (nSPS) is 20.1. The van der Waals surface area contributed by atoms with Crippen LogP contribution in [0.1, 0.15) is 71.1 Å². The largest absolute Gasteiger partial charge is 0.492 e. The van der Waals surface area contributed by atoms with Gasteiger partial charge in [-0.1, -0.05) is 6.07 Å². The average molecular weight is 645 g/mol. The fourth-order valence-corrected chi connectivity index (χ4v) is 6.78. The van der Waals surface area contributed by atoms with E-state index in [1.54, 1.807) is 44.2 Å². The van der Waals surface area contributed by atoms with Crippen LogP contribution in [-0.2, 0) is 26.9 Å². The lowest BCUT2D eigenvalue weighted by Gasteiger charge is -2.31. The first-order valence-corrected chi connectivity index (χ1v) is 15.3. The van der Waals surface area contributed by atoms with E-state index in [1.807, 2.05) is 0 Å². The minimum Gasteiger partial charge on any atom is -0.492 e. The summed E-state index contributed by atoms with van der Waals surface area (Å²) >= 11 is 0. The quantitative estimate of drug-likeness (QED) is 0.206. The second kappa shape index (κ2) is 12.4. The van der Waals surface area contributed by atoms with Crippen molar-refractivity contribution in [2.45, 2.75) is 69.8 Å².